The molecule has 1 aromatic rings. The number of rotatable bonds is 4. The third-order valence-electron chi connectivity index (χ3n) is 4.29. The van der Waals surface area contributed by atoms with Crippen molar-refractivity contribution < 1.29 is 4.39 Å². The highest BCUT2D eigenvalue weighted by Gasteiger charge is 2.33. The summed E-state index contributed by atoms with van der Waals surface area (Å²) in [6.45, 7) is 8.82. The van der Waals surface area contributed by atoms with Crippen LogP contribution in [-0.2, 0) is 0 Å². The molecule has 3 nitrogen and oxygen atoms in total. The predicted octanol–water partition coefficient (Wildman–Crippen LogP) is 2.73. The van der Waals surface area contributed by atoms with Crippen molar-refractivity contribution in [2.45, 2.75) is 45.2 Å². The fourth-order valence-electron chi connectivity index (χ4n) is 2.84. The second-order valence-electron chi connectivity index (χ2n) is 6.27. The quantitative estimate of drug-likeness (QED) is 0.910. The van der Waals surface area contributed by atoms with Crippen LogP contribution >= 0.6 is 0 Å². The summed E-state index contributed by atoms with van der Waals surface area (Å²) in [5, 5.41) is 0. The minimum absolute atomic E-state index is 0.142. The van der Waals surface area contributed by atoms with Crippen LogP contribution in [0.2, 0.25) is 0 Å². The monoisotopic (exact) mass is 265 g/mol. The van der Waals surface area contributed by atoms with E-state index in [0.29, 0.717) is 5.92 Å². The maximum atomic E-state index is 12.9. The van der Waals surface area contributed by atoms with Crippen molar-refractivity contribution in [1.29, 1.82) is 0 Å². The summed E-state index contributed by atoms with van der Waals surface area (Å²) in [5.41, 5.74) is 7.28. The number of pyridine rings is 1. The topological polar surface area (TPSA) is 42.1 Å². The molecule has 0 amide bonds. The third-order valence-corrected chi connectivity index (χ3v) is 4.29. The van der Waals surface area contributed by atoms with E-state index in [2.05, 4.69) is 30.7 Å². The maximum Gasteiger partial charge on any atom is 0.141 e. The van der Waals surface area contributed by atoms with Crippen molar-refractivity contribution in [1.82, 2.24) is 9.88 Å². The van der Waals surface area contributed by atoms with Crippen molar-refractivity contribution in [3.8, 4) is 0 Å². The minimum atomic E-state index is -0.315. The summed E-state index contributed by atoms with van der Waals surface area (Å²) in [6.07, 6.45) is 3.73. The zero-order valence-electron chi connectivity index (χ0n) is 12.1. The van der Waals surface area contributed by atoms with Gasteiger partial charge in [-0.3, -0.25) is 9.88 Å². The van der Waals surface area contributed by atoms with Crippen molar-refractivity contribution in [3.63, 3.8) is 0 Å². The van der Waals surface area contributed by atoms with Crippen molar-refractivity contribution >= 4 is 0 Å². The first-order valence-corrected chi connectivity index (χ1v) is 7.02. The van der Waals surface area contributed by atoms with Gasteiger partial charge in [0.05, 0.1) is 17.9 Å². The number of nitrogens with two attached hydrogens (primary N) is 1. The molecule has 1 aromatic heterocycles. The van der Waals surface area contributed by atoms with Gasteiger partial charge in [0.25, 0.3) is 0 Å². The Balaban J connectivity index is 1.99. The SMILES string of the molecule is CC(CN1CCCC1(C)C)C(N)c1ccc(F)cn1. The first kappa shape index (κ1) is 14.4. The molecule has 1 saturated heterocycles. The van der Waals surface area contributed by atoms with E-state index in [1.54, 1.807) is 6.07 Å². The fourth-order valence-corrected chi connectivity index (χ4v) is 2.84. The minimum Gasteiger partial charge on any atom is -0.322 e. The highest BCUT2D eigenvalue weighted by Crippen LogP contribution is 2.30. The molecule has 0 radical (unpaired) electrons. The van der Waals surface area contributed by atoms with Gasteiger partial charge < -0.3 is 5.73 Å². The van der Waals surface area contributed by atoms with E-state index >= 15 is 0 Å². The summed E-state index contributed by atoms with van der Waals surface area (Å²) in [4.78, 5) is 6.59. The number of hydrogen-bond acceptors (Lipinski definition) is 3. The van der Waals surface area contributed by atoms with E-state index in [1.165, 1.54) is 25.1 Å². The Morgan fingerprint density at radius 3 is 2.74 bits per heavy atom. The van der Waals surface area contributed by atoms with Crippen LogP contribution in [0.4, 0.5) is 4.39 Å². The first-order valence-electron chi connectivity index (χ1n) is 7.02. The molecule has 1 aliphatic heterocycles. The molecule has 2 unspecified atom stereocenters. The third kappa shape index (κ3) is 3.31. The average molecular weight is 265 g/mol. The molecule has 4 heteroatoms. The van der Waals surface area contributed by atoms with Crippen LogP contribution in [-0.4, -0.2) is 28.5 Å². The van der Waals surface area contributed by atoms with Crippen LogP contribution in [0.25, 0.3) is 0 Å². The Hall–Kier alpha value is -1.00. The molecule has 1 fully saturated rings. The molecule has 1 aliphatic rings. The van der Waals surface area contributed by atoms with Gasteiger partial charge >= 0.3 is 0 Å². The van der Waals surface area contributed by atoms with Crippen LogP contribution in [0.5, 0.6) is 0 Å². The van der Waals surface area contributed by atoms with E-state index in [0.717, 1.165) is 18.8 Å². The van der Waals surface area contributed by atoms with Gasteiger partial charge in [-0.2, -0.15) is 0 Å². The molecular weight excluding hydrogens is 241 g/mol. The molecule has 0 bridgehead atoms. The van der Waals surface area contributed by atoms with Gasteiger partial charge in [-0.05, 0) is 51.3 Å². The number of hydrogen-bond donors (Lipinski definition) is 1. The van der Waals surface area contributed by atoms with Gasteiger partial charge in [0.15, 0.2) is 0 Å². The zero-order valence-corrected chi connectivity index (χ0v) is 12.1. The fraction of sp³-hybridized carbons (Fsp3) is 0.667. The van der Waals surface area contributed by atoms with Crippen molar-refractivity contribution in [2.24, 2.45) is 11.7 Å². The molecule has 0 spiro atoms. The normalized spacial score (nSPS) is 22.4. The molecule has 19 heavy (non-hydrogen) atoms. The zero-order chi connectivity index (χ0) is 14.0. The van der Waals surface area contributed by atoms with Crippen molar-refractivity contribution in [2.75, 3.05) is 13.1 Å². The van der Waals surface area contributed by atoms with Crippen LogP contribution in [0.15, 0.2) is 18.3 Å². The van der Waals surface area contributed by atoms with E-state index in [-0.39, 0.29) is 17.4 Å². The number of nitrogens with zero attached hydrogens (tertiary/aromatic N) is 2. The summed E-state index contributed by atoms with van der Waals surface area (Å²) < 4.78 is 12.9. The van der Waals surface area contributed by atoms with Gasteiger partial charge in [0.1, 0.15) is 5.82 Å². The number of aromatic nitrogens is 1. The smallest absolute Gasteiger partial charge is 0.141 e. The van der Waals surface area contributed by atoms with Gasteiger partial charge in [-0.1, -0.05) is 6.92 Å². The summed E-state index contributed by atoms with van der Waals surface area (Å²) in [6, 6.07) is 2.97. The Bertz CT molecular complexity index is 416. The highest BCUT2D eigenvalue weighted by atomic mass is 19.1. The lowest BCUT2D eigenvalue weighted by molar-refractivity contribution is 0.143. The summed E-state index contributed by atoms with van der Waals surface area (Å²) in [7, 11) is 0. The van der Waals surface area contributed by atoms with Crippen LogP contribution in [0.3, 0.4) is 0 Å². The Morgan fingerprint density at radius 1 is 1.47 bits per heavy atom. The molecule has 106 valence electrons. The molecular formula is C15H24FN3. The molecule has 0 saturated carbocycles. The molecule has 0 aliphatic carbocycles. The Kier molecular flexibility index (Phi) is 4.21. The lowest BCUT2D eigenvalue weighted by atomic mass is 9.96. The molecule has 2 heterocycles. The number of likely N-dealkylation sites (tertiary alicyclic amines) is 1. The lowest BCUT2D eigenvalue weighted by Gasteiger charge is -2.35. The largest absolute Gasteiger partial charge is 0.322 e. The van der Waals surface area contributed by atoms with Gasteiger partial charge in [-0.15, -0.1) is 0 Å². The van der Waals surface area contributed by atoms with Gasteiger partial charge in [0.2, 0.25) is 0 Å². The molecule has 2 rings (SSSR count). The predicted molar refractivity (Wildman–Crippen MR) is 75.2 cm³/mol. The van der Waals surface area contributed by atoms with Gasteiger partial charge in [-0.25, -0.2) is 4.39 Å². The standard InChI is InChI=1S/C15H24FN3/c1-11(10-19-8-4-7-15(19,2)3)14(17)13-6-5-12(16)9-18-13/h5-6,9,11,14H,4,7-8,10,17H2,1-3H3. The van der Waals surface area contributed by atoms with Crippen molar-refractivity contribution in [3.05, 3.63) is 29.8 Å². The van der Waals surface area contributed by atoms with Gasteiger partial charge in [0, 0.05) is 12.1 Å². The average Bonchev–Trinajstić information content (AvgIpc) is 2.69. The summed E-state index contributed by atoms with van der Waals surface area (Å²) in [5.74, 6) is -0.0142. The second kappa shape index (κ2) is 5.55. The van der Waals surface area contributed by atoms with E-state index in [9.17, 15) is 4.39 Å². The molecule has 2 N–H and O–H groups in total. The maximum absolute atomic E-state index is 12.9. The Labute approximate surface area is 115 Å². The van der Waals surface area contributed by atoms with Crippen LogP contribution in [0.1, 0.15) is 45.3 Å². The lowest BCUT2D eigenvalue weighted by Crippen LogP contribution is -2.42. The Morgan fingerprint density at radius 2 is 2.21 bits per heavy atom. The first-order chi connectivity index (χ1) is 8.90. The van der Waals surface area contributed by atoms with Crippen LogP contribution in [0, 0.1) is 11.7 Å². The molecule has 0 aromatic carbocycles. The van der Waals surface area contributed by atoms with Crippen LogP contribution < -0.4 is 5.73 Å². The van der Waals surface area contributed by atoms with E-state index < -0.39 is 0 Å². The highest BCUT2D eigenvalue weighted by molar-refractivity contribution is 5.10. The van der Waals surface area contributed by atoms with E-state index in [1.807, 2.05) is 0 Å². The number of halogens is 1. The van der Waals surface area contributed by atoms with E-state index in [4.69, 9.17) is 5.73 Å². The summed E-state index contributed by atoms with van der Waals surface area (Å²) >= 11 is 0. The second-order valence-corrected chi connectivity index (χ2v) is 6.27. The molecule has 2 atom stereocenters.